The lowest BCUT2D eigenvalue weighted by Gasteiger charge is -2.27. The molecule has 222 valence electrons. The molecule has 3 heterocycles. The average molecular weight is 608 g/mol. The summed E-state index contributed by atoms with van der Waals surface area (Å²) in [5, 5.41) is 11.6. The molecule has 5 rings (SSSR count). The average Bonchev–Trinajstić information content (AvgIpc) is 3.20. The number of carbonyl (C=O) groups is 1. The Labute approximate surface area is 254 Å². The third-order valence-electron chi connectivity index (χ3n) is 7.20. The van der Waals surface area contributed by atoms with Crippen LogP contribution in [0.15, 0.2) is 65.8 Å². The summed E-state index contributed by atoms with van der Waals surface area (Å²) in [4.78, 5) is 17.4. The first-order valence-electron chi connectivity index (χ1n) is 14.4. The minimum Gasteiger partial charge on any atom is -0.365 e. The Morgan fingerprint density at radius 2 is 2.00 bits per heavy atom. The van der Waals surface area contributed by atoms with Crippen LogP contribution in [0.5, 0.6) is 0 Å². The minimum absolute atomic E-state index is 0.166. The number of pyridine rings is 1. The number of ether oxygens (including phenoxy) is 1. The van der Waals surface area contributed by atoms with Gasteiger partial charge in [0.2, 0.25) is 0 Å². The van der Waals surface area contributed by atoms with Crippen LogP contribution >= 0.6 is 21.6 Å². The van der Waals surface area contributed by atoms with Crippen molar-refractivity contribution in [2.24, 2.45) is 5.92 Å². The maximum Gasteiger partial charge on any atom is 0.252 e. The summed E-state index contributed by atoms with van der Waals surface area (Å²) < 4.78 is 23.3. The number of nitrogens with zero attached hydrogens (tertiary/aromatic N) is 2. The van der Waals surface area contributed by atoms with Crippen LogP contribution in [-0.4, -0.2) is 48.1 Å². The molecule has 0 bridgehead atoms. The van der Waals surface area contributed by atoms with E-state index in [1.54, 1.807) is 33.9 Å². The van der Waals surface area contributed by atoms with Crippen LogP contribution < -0.4 is 16.0 Å². The number of rotatable bonds is 14. The Bertz CT molecular complexity index is 1490. The van der Waals surface area contributed by atoms with E-state index in [2.05, 4.69) is 63.6 Å². The number of carbonyl (C=O) groups excluding carboxylic acids is 1. The molecule has 0 aliphatic carbocycles. The lowest BCUT2D eigenvalue weighted by atomic mass is 9.99. The molecule has 1 amide bonds. The molecule has 2 aromatic carbocycles. The zero-order chi connectivity index (χ0) is 29.5. The molecule has 1 unspecified atom stereocenters. The number of halogens is 1. The van der Waals surface area contributed by atoms with Crippen LogP contribution in [-0.2, 0) is 17.7 Å². The minimum atomic E-state index is -0.419. The molecule has 4 aromatic rings. The number of hydrogen-bond donors (Lipinski definition) is 3. The molecule has 0 spiro atoms. The van der Waals surface area contributed by atoms with E-state index in [0.717, 1.165) is 51.5 Å². The molecule has 3 N–H and O–H groups in total. The van der Waals surface area contributed by atoms with Crippen molar-refractivity contribution in [2.45, 2.75) is 44.4 Å². The third kappa shape index (κ3) is 7.18. The highest BCUT2D eigenvalue weighted by molar-refractivity contribution is 8.76. The predicted octanol–water partition coefficient (Wildman–Crippen LogP) is 6.40. The summed E-state index contributed by atoms with van der Waals surface area (Å²) in [6.45, 7) is 6.58. The van der Waals surface area contributed by atoms with Gasteiger partial charge in [-0.1, -0.05) is 55.0 Å². The van der Waals surface area contributed by atoms with Crippen LogP contribution in [0.3, 0.4) is 0 Å². The number of nitrogens with one attached hydrogen (secondary N) is 3. The Kier molecular flexibility index (Phi) is 10.6. The standard InChI is InChI=1S/C32H38FN5O2S2/c1-21(2)16-28(37-20-40-14-15-41-42-29-6-4-5-12-35-29)38-27-18-24(33)17-26-30(27)25(11-13-36-32(26)39)31(38)23-9-7-22(8-10-23)19-34-3/h4-10,12,17-18,21,28,34,37H,11,13-16,19-20H2,1-3H3,(H,36,39). The van der Waals surface area contributed by atoms with Crippen molar-refractivity contribution in [1.29, 1.82) is 0 Å². The lowest BCUT2D eigenvalue weighted by molar-refractivity contribution is 0.0956. The van der Waals surface area contributed by atoms with Gasteiger partial charge in [-0.3, -0.25) is 10.1 Å². The highest BCUT2D eigenvalue weighted by Crippen LogP contribution is 2.40. The number of aromatic nitrogens is 2. The van der Waals surface area contributed by atoms with Crippen LogP contribution in [0.4, 0.5) is 4.39 Å². The first-order chi connectivity index (χ1) is 20.5. The first kappa shape index (κ1) is 30.6. The maximum absolute atomic E-state index is 15.1. The normalized spacial score (nSPS) is 13.9. The van der Waals surface area contributed by atoms with E-state index >= 15 is 4.39 Å². The van der Waals surface area contributed by atoms with Crippen molar-refractivity contribution in [1.82, 2.24) is 25.5 Å². The summed E-state index contributed by atoms with van der Waals surface area (Å²) in [7, 11) is 5.28. The summed E-state index contributed by atoms with van der Waals surface area (Å²) in [6.07, 6.45) is 3.10. The highest BCUT2D eigenvalue weighted by atomic mass is 33.1. The summed E-state index contributed by atoms with van der Waals surface area (Å²) in [6, 6.07) is 17.3. The Hall–Kier alpha value is -2.89. The van der Waals surface area contributed by atoms with E-state index < -0.39 is 5.82 Å². The van der Waals surface area contributed by atoms with Crippen LogP contribution in [0, 0.1) is 11.7 Å². The smallest absolute Gasteiger partial charge is 0.252 e. The summed E-state index contributed by atoms with van der Waals surface area (Å²) >= 11 is 0. The number of amides is 1. The molecule has 10 heteroatoms. The van der Waals surface area contributed by atoms with Gasteiger partial charge in [0.05, 0.1) is 36.3 Å². The Morgan fingerprint density at radius 3 is 2.74 bits per heavy atom. The van der Waals surface area contributed by atoms with Crippen molar-refractivity contribution >= 4 is 38.4 Å². The molecule has 0 fully saturated rings. The van der Waals surface area contributed by atoms with Crippen molar-refractivity contribution in [3.05, 3.63) is 83.3 Å². The molecular formula is C32H38FN5O2S2. The van der Waals surface area contributed by atoms with Gasteiger partial charge in [-0.15, -0.1) is 0 Å². The van der Waals surface area contributed by atoms with Gasteiger partial charge in [-0.2, -0.15) is 0 Å². The topological polar surface area (TPSA) is 80.2 Å². The molecule has 7 nitrogen and oxygen atoms in total. The third-order valence-corrected chi connectivity index (χ3v) is 9.43. The molecule has 0 radical (unpaired) electrons. The van der Waals surface area contributed by atoms with Crippen molar-refractivity contribution < 1.29 is 13.9 Å². The van der Waals surface area contributed by atoms with Gasteiger partial charge in [0.1, 0.15) is 10.8 Å². The van der Waals surface area contributed by atoms with Crippen LogP contribution in [0.25, 0.3) is 22.2 Å². The number of benzene rings is 2. The van der Waals surface area contributed by atoms with Gasteiger partial charge in [-0.05, 0) is 77.6 Å². The second-order valence-electron chi connectivity index (χ2n) is 10.8. The second-order valence-corrected chi connectivity index (χ2v) is 13.2. The van der Waals surface area contributed by atoms with E-state index in [-0.39, 0.29) is 12.1 Å². The second kappa shape index (κ2) is 14.5. The molecular weight excluding hydrogens is 570 g/mol. The summed E-state index contributed by atoms with van der Waals surface area (Å²) in [5.74, 6) is 0.535. The van der Waals surface area contributed by atoms with Gasteiger partial charge >= 0.3 is 0 Å². The van der Waals surface area contributed by atoms with Gasteiger partial charge in [0.25, 0.3) is 5.91 Å². The zero-order valence-corrected chi connectivity index (χ0v) is 25.9. The van der Waals surface area contributed by atoms with Gasteiger partial charge < -0.3 is 19.9 Å². The van der Waals surface area contributed by atoms with Gasteiger partial charge in [0.15, 0.2) is 0 Å². The quantitative estimate of drug-likeness (QED) is 0.0870. The van der Waals surface area contributed by atoms with E-state index in [1.807, 2.05) is 25.2 Å². The van der Waals surface area contributed by atoms with E-state index in [0.29, 0.717) is 37.8 Å². The summed E-state index contributed by atoms with van der Waals surface area (Å²) in [5.41, 5.74) is 5.44. The molecule has 0 saturated carbocycles. The molecule has 1 aliphatic heterocycles. The SMILES string of the molecule is CNCc1ccc(-c2c3c4c(cc(F)cc4n2C(CC(C)C)NCOCCSSc2ccccn2)C(=O)NCC3)cc1. The zero-order valence-electron chi connectivity index (χ0n) is 24.3. The largest absolute Gasteiger partial charge is 0.365 e. The monoisotopic (exact) mass is 607 g/mol. The fraction of sp³-hybridized carbons (Fsp3) is 0.375. The van der Waals surface area contributed by atoms with Crippen molar-refractivity contribution in [3.63, 3.8) is 0 Å². The number of hydrogen-bond acceptors (Lipinski definition) is 7. The molecule has 42 heavy (non-hydrogen) atoms. The molecule has 2 aromatic heterocycles. The molecule has 1 aliphatic rings. The van der Waals surface area contributed by atoms with E-state index in [9.17, 15) is 4.79 Å². The van der Waals surface area contributed by atoms with Gasteiger partial charge in [-0.25, -0.2) is 9.37 Å². The fourth-order valence-corrected chi connectivity index (χ4v) is 7.21. The van der Waals surface area contributed by atoms with Crippen molar-refractivity contribution in [3.8, 4) is 11.3 Å². The lowest BCUT2D eigenvalue weighted by Crippen LogP contribution is -2.31. The highest BCUT2D eigenvalue weighted by Gasteiger charge is 2.29. The maximum atomic E-state index is 15.1. The first-order valence-corrected chi connectivity index (χ1v) is 16.7. The van der Waals surface area contributed by atoms with Gasteiger partial charge in [0, 0.05) is 30.4 Å². The van der Waals surface area contributed by atoms with Crippen LogP contribution in [0.2, 0.25) is 0 Å². The Balaban J connectivity index is 1.45. The predicted molar refractivity (Wildman–Crippen MR) is 171 cm³/mol. The van der Waals surface area contributed by atoms with E-state index in [4.69, 9.17) is 4.74 Å². The van der Waals surface area contributed by atoms with E-state index in [1.165, 1.54) is 11.6 Å². The van der Waals surface area contributed by atoms with Crippen molar-refractivity contribution in [2.75, 3.05) is 32.7 Å². The molecule has 0 saturated heterocycles. The Morgan fingerprint density at radius 1 is 1.17 bits per heavy atom. The van der Waals surface area contributed by atoms with Crippen LogP contribution in [0.1, 0.15) is 47.9 Å². The fourth-order valence-electron chi connectivity index (χ4n) is 5.47. The molecule has 1 atom stereocenters.